The molecule has 0 atom stereocenters. The Kier molecular flexibility index (Phi) is 6.70. The average molecular weight is 509 g/mol. The number of rotatable bonds is 5. The van der Waals surface area contributed by atoms with Crippen molar-refractivity contribution in [2.24, 2.45) is 0 Å². The number of alkyl halides is 3. The van der Waals surface area contributed by atoms with Crippen LogP contribution >= 0.6 is 0 Å². The van der Waals surface area contributed by atoms with Crippen molar-refractivity contribution in [3.05, 3.63) is 83.4 Å². The van der Waals surface area contributed by atoms with Gasteiger partial charge >= 0.3 is 6.18 Å². The molecule has 5 rings (SSSR count). The summed E-state index contributed by atoms with van der Waals surface area (Å²) in [6, 6.07) is 8.98. The second-order valence-corrected chi connectivity index (χ2v) is 9.43. The zero-order valence-electron chi connectivity index (χ0n) is 20.6. The number of aromatic nitrogens is 3. The highest BCUT2D eigenvalue weighted by molar-refractivity contribution is 6.05. The third-order valence-electron chi connectivity index (χ3n) is 6.67. The first-order valence-corrected chi connectivity index (χ1v) is 12.0. The van der Waals surface area contributed by atoms with Crippen molar-refractivity contribution in [1.82, 2.24) is 24.2 Å². The van der Waals surface area contributed by atoms with Gasteiger partial charge in [-0.15, -0.1) is 0 Å². The van der Waals surface area contributed by atoms with Crippen molar-refractivity contribution in [2.45, 2.75) is 19.6 Å². The van der Waals surface area contributed by atoms with Gasteiger partial charge in [0.25, 0.3) is 5.91 Å². The second-order valence-electron chi connectivity index (χ2n) is 9.43. The number of amides is 1. The molecule has 1 N–H and O–H groups in total. The van der Waals surface area contributed by atoms with E-state index in [1.165, 1.54) is 0 Å². The topological polar surface area (TPSA) is 65.8 Å². The highest BCUT2D eigenvalue weighted by Gasteiger charge is 2.31. The molecular weight excluding hydrogens is 481 g/mol. The van der Waals surface area contributed by atoms with Crippen LogP contribution < -0.4 is 5.32 Å². The predicted molar refractivity (Wildman–Crippen MR) is 135 cm³/mol. The quantitative estimate of drug-likeness (QED) is 0.423. The number of aryl methyl sites for hydroxylation is 1. The lowest BCUT2D eigenvalue weighted by Gasteiger charge is -2.32. The van der Waals surface area contributed by atoms with E-state index in [1.807, 2.05) is 24.4 Å². The summed E-state index contributed by atoms with van der Waals surface area (Å²) >= 11 is 0. The summed E-state index contributed by atoms with van der Waals surface area (Å²) in [5.74, 6) is -0.485. The summed E-state index contributed by atoms with van der Waals surface area (Å²) in [5.41, 5.74) is 3.38. The number of nitrogens with zero attached hydrogens (tertiary/aromatic N) is 5. The maximum Gasteiger partial charge on any atom is 0.416 e. The van der Waals surface area contributed by atoms with Crippen molar-refractivity contribution >= 4 is 17.2 Å². The van der Waals surface area contributed by atoms with Crippen LogP contribution in [0.2, 0.25) is 0 Å². The number of carbonyl (C=O) groups excluding carboxylic acids is 1. The molecule has 2 aromatic heterocycles. The van der Waals surface area contributed by atoms with Gasteiger partial charge < -0.3 is 10.2 Å². The number of likely N-dealkylation sites (N-methyl/N-ethyl adjacent to an activating group) is 1. The van der Waals surface area contributed by atoms with Crippen LogP contribution in [0.25, 0.3) is 16.9 Å². The fourth-order valence-corrected chi connectivity index (χ4v) is 4.57. The Hall–Kier alpha value is -3.76. The van der Waals surface area contributed by atoms with Crippen LogP contribution in [0.1, 0.15) is 27.0 Å². The van der Waals surface area contributed by atoms with Crippen LogP contribution in [0, 0.1) is 6.92 Å². The largest absolute Gasteiger partial charge is 0.416 e. The average Bonchev–Trinajstić information content (AvgIpc) is 3.29. The first-order valence-electron chi connectivity index (χ1n) is 12.0. The van der Waals surface area contributed by atoms with Crippen molar-refractivity contribution < 1.29 is 18.0 Å². The molecule has 0 saturated carbocycles. The van der Waals surface area contributed by atoms with Crippen molar-refractivity contribution in [1.29, 1.82) is 0 Å². The first-order chi connectivity index (χ1) is 17.7. The van der Waals surface area contributed by atoms with Crippen LogP contribution in [0.15, 0.2) is 61.2 Å². The Balaban J connectivity index is 1.42. The zero-order chi connectivity index (χ0) is 26.2. The highest BCUT2D eigenvalue weighted by Crippen LogP contribution is 2.33. The lowest BCUT2D eigenvalue weighted by atomic mass is 10.0. The molecule has 3 heterocycles. The van der Waals surface area contributed by atoms with Gasteiger partial charge in [-0.2, -0.15) is 13.2 Å². The zero-order valence-corrected chi connectivity index (χ0v) is 20.6. The van der Waals surface area contributed by atoms with Crippen LogP contribution in [0.4, 0.5) is 18.9 Å². The maximum absolute atomic E-state index is 13.7. The minimum Gasteiger partial charge on any atom is -0.322 e. The van der Waals surface area contributed by atoms with Gasteiger partial charge in [-0.3, -0.25) is 19.1 Å². The molecule has 1 aliphatic rings. The molecule has 0 radical (unpaired) electrons. The first kappa shape index (κ1) is 24.9. The van der Waals surface area contributed by atoms with E-state index in [9.17, 15) is 18.0 Å². The number of carbonyl (C=O) groups is 1. The second kappa shape index (κ2) is 9.95. The van der Waals surface area contributed by atoms with E-state index in [1.54, 1.807) is 43.0 Å². The molecule has 7 nitrogen and oxygen atoms in total. The molecule has 0 aliphatic carbocycles. The number of anilines is 1. The number of piperazine rings is 1. The van der Waals surface area contributed by atoms with Gasteiger partial charge in [0, 0.05) is 61.9 Å². The molecule has 2 aromatic carbocycles. The number of hydrogen-bond donors (Lipinski definition) is 1. The monoisotopic (exact) mass is 508 g/mol. The summed E-state index contributed by atoms with van der Waals surface area (Å²) in [7, 11) is 2.03. The third kappa shape index (κ3) is 5.50. The number of benzene rings is 2. The van der Waals surface area contributed by atoms with Crippen LogP contribution in [-0.4, -0.2) is 63.3 Å². The van der Waals surface area contributed by atoms with Gasteiger partial charge in [0.05, 0.1) is 23.7 Å². The van der Waals surface area contributed by atoms with Gasteiger partial charge in [0.15, 0.2) is 5.65 Å². The molecule has 0 spiro atoms. The van der Waals surface area contributed by atoms with E-state index in [0.717, 1.165) is 55.1 Å². The molecule has 10 heteroatoms. The molecule has 1 saturated heterocycles. The number of halogens is 3. The fraction of sp³-hybridized carbons (Fsp3) is 0.296. The van der Waals surface area contributed by atoms with Crippen molar-refractivity contribution in [2.75, 3.05) is 38.5 Å². The summed E-state index contributed by atoms with van der Waals surface area (Å²) in [4.78, 5) is 25.9. The van der Waals surface area contributed by atoms with E-state index in [2.05, 4.69) is 25.1 Å². The van der Waals surface area contributed by atoms with Crippen LogP contribution in [0.5, 0.6) is 0 Å². The number of fused-ring (bicyclic) bond motifs is 1. The molecule has 4 aromatic rings. The minimum atomic E-state index is -4.52. The summed E-state index contributed by atoms with van der Waals surface area (Å²) < 4.78 is 42.9. The molecular formula is C27H27F3N6O. The van der Waals surface area contributed by atoms with Gasteiger partial charge in [-0.05, 0) is 55.4 Å². The molecule has 1 aliphatic heterocycles. The lowest BCUT2D eigenvalue weighted by Crippen LogP contribution is -2.43. The van der Waals surface area contributed by atoms with Crippen molar-refractivity contribution in [3.63, 3.8) is 0 Å². The molecule has 37 heavy (non-hydrogen) atoms. The number of imidazole rings is 1. The standard InChI is InChI=1S/C27H27F3N6O/c1-18-3-4-20(13-23(18)24-15-32-25-16-31-5-6-36(24)25)26(37)33-22-12-19(11-21(14-22)27(28,29)30)17-35-9-7-34(2)8-10-35/h3-6,11-16H,7-10,17H2,1-2H3,(H,33,37). The Morgan fingerprint density at radius 1 is 1.05 bits per heavy atom. The van der Waals surface area contributed by atoms with Gasteiger partial charge in [0.1, 0.15) is 0 Å². The molecule has 1 fully saturated rings. The third-order valence-corrected chi connectivity index (χ3v) is 6.67. The van der Waals surface area contributed by atoms with E-state index >= 15 is 0 Å². The Bertz CT molecular complexity index is 1440. The highest BCUT2D eigenvalue weighted by atomic mass is 19.4. The van der Waals surface area contributed by atoms with Gasteiger partial charge in [-0.1, -0.05) is 6.07 Å². The van der Waals surface area contributed by atoms with Gasteiger partial charge in [0.2, 0.25) is 0 Å². The summed E-state index contributed by atoms with van der Waals surface area (Å²) in [5, 5.41) is 2.69. The Morgan fingerprint density at radius 3 is 2.59 bits per heavy atom. The SMILES string of the molecule is Cc1ccc(C(=O)Nc2cc(CN3CCN(C)CC3)cc(C(F)(F)F)c2)cc1-c1cnc2cnccn12. The predicted octanol–water partition coefficient (Wildman–Crippen LogP) is 4.72. The lowest BCUT2D eigenvalue weighted by molar-refractivity contribution is -0.137. The Labute approximate surface area is 212 Å². The van der Waals surface area contributed by atoms with Crippen LogP contribution in [0.3, 0.4) is 0 Å². The van der Waals surface area contributed by atoms with E-state index < -0.39 is 17.6 Å². The molecule has 1 amide bonds. The minimum absolute atomic E-state index is 0.118. The Morgan fingerprint density at radius 2 is 1.84 bits per heavy atom. The van der Waals surface area contributed by atoms with E-state index in [4.69, 9.17) is 0 Å². The summed E-state index contributed by atoms with van der Waals surface area (Å²) in [6.07, 6.45) is 2.26. The molecule has 0 bridgehead atoms. The normalized spacial score (nSPS) is 15.3. The number of hydrogen-bond acceptors (Lipinski definition) is 5. The summed E-state index contributed by atoms with van der Waals surface area (Å²) in [6.45, 7) is 5.59. The number of nitrogens with one attached hydrogen (secondary N) is 1. The maximum atomic E-state index is 13.7. The van der Waals surface area contributed by atoms with Crippen LogP contribution in [-0.2, 0) is 12.7 Å². The van der Waals surface area contributed by atoms with Crippen molar-refractivity contribution in [3.8, 4) is 11.3 Å². The smallest absolute Gasteiger partial charge is 0.322 e. The fourth-order valence-electron chi connectivity index (χ4n) is 4.57. The molecule has 192 valence electrons. The molecule has 0 unspecified atom stereocenters. The van der Waals surface area contributed by atoms with E-state index in [-0.39, 0.29) is 5.69 Å². The van der Waals surface area contributed by atoms with Gasteiger partial charge in [-0.25, -0.2) is 4.98 Å². The van der Waals surface area contributed by atoms with E-state index in [0.29, 0.717) is 23.3 Å².